The Labute approximate surface area is 188 Å². The molecule has 2 fully saturated rings. The lowest BCUT2D eigenvalue weighted by atomic mass is 9.86. The summed E-state index contributed by atoms with van der Waals surface area (Å²) in [6.07, 6.45) is 8.89. The lowest BCUT2D eigenvalue weighted by molar-refractivity contribution is 0.0970. The predicted molar refractivity (Wildman–Crippen MR) is 122 cm³/mol. The number of aromatic nitrogens is 2. The summed E-state index contributed by atoms with van der Waals surface area (Å²) in [4.78, 5) is 13.5. The van der Waals surface area contributed by atoms with Gasteiger partial charge < -0.3 is 9.13 Å². The Hall–Kier alpha value is -2.95. The first-order valence-corrected chi connectivity index (χ1v) is 11.6. The zero-order valence-electron chi connectivity index (χ0n) is 18.8. The van der Waals surface area contributed by atoms with Gasteiger partial charge in [0.1, 0.15) is 5.82 Å². The first-order chi connectivity index (χ1) is 15.4. The van der Waals surface area contributed by atoms with Crippen LogP contribution in [-0.2, 0) is 13.6 Å². The number of carbonyl (C=O) groups is 1. The standard InChI is InChI=1S/C27H30FN3O/c1-17-11-21(7-8-25(17)28)24(20-5-6-20)15-26(32)23-13-18(12-22(14-23)19-3-4-19)16-31-10-9-30(2)27(31)29/h7-14,19-20,24,29H,3-6,15-16H2,1-2H3/t24-/m0/s1. The average molecular weight is 432 g/mol. The molecular formula is C27H30FN3O. The van der Waals surface area contributed by atoms with Gasteiger partial charge in [0.25, 0.3) is 0 Å². The lowest BCUT2D eigenvalue weighted by Gasteiger charge is -2.18. The van der Waals surface area contributed by atoms with Crippen molar-refractivity contribution in [1.82, 2.24) is 9.13 Å². The van der Waals surface area contributed by atoms with E-state index in [1.807, 2.05) is 42.2 Å². The van der Waals surface area contributed by atoms with E-state index < -0.39 is 0 Å². The second-order valence-electron chi connectivity index (χ2n) is 9.68. The smallest absolute Gasteiger partial charge is 0.202 e. The van der Waals surface area contributed by atoms with Crippen LogP contribution in [0.2, 0.25) is 0 Å². The van der Waals surface area contributed by atoms with Gasteiger partial charge >= 0.3 is 0 Å². The molecule has 2 aromatic carbocycles. The topological polar surface area (TPSA) is 50.8 Å². The molecule has 32 heavy (non-hydrogen) atoms. The third-order valence-corrected chi connectivity index (χ3v) is 7.02. The maximum absolute atomic E-state index is 13.8. The van der Waals surface area contributed by atoms with E-state index in [1.165, 1.54) is 24.5 Å². The summed E-state index contributed by atoms with van der Waals surface area (Å²) in [5.74, 6) is 1.19. The number of hydrogen-bond acceptors (Lipinski definition) is 2. The van der Waals surface area contributed by atoms with Crippen LogP contribution in [0.4, 0.5) is 4.39 Å². The number of nitrogens with zero attached hydrogens (tertiary/aromatic N) is 2. The Morgan fingerprint density at radius 2 is 1.91 bits per heavy atom. The Morgan fingerprint density at radius 3 is 2.53 bits per heavy atom. The van der Waals surface area contributed by atoms with Crippen LogP contribution in [0.1, 0.15) is 76.6 Å². The molecule has 5 rings (SSSR count). The highest BCUT2D eigenvalue weighted by atomic mass is 19.1. The summed E-state index contributed by atoms with van der Waals surface area (Å²) in [6, 6.07) is 11.6. The van der Waals surface area contributed by atoms with E-state index in [0.717, 1.165) is 29.5 Å². The molecule has 0 radical (unpaired) electrons. The van der Waals surface area contributed by atoms with Crippen molar-refractivity contribution in [2.24, 2.45) is 13.0 Å². The molecule has 1 atom stereocenters. The van der Waals surface area contributed by atoms with Crippen molar-refractivity contribution in [3.8, 4) is 0 Å². The first-order valence-electron chi connectivity index (χ1n) is 11.6. The third kappa shape index (κ3) is 4.34. The fraction of sp³-hybridized carbons (Fsp3) is 0.407. The summed E-state index contributed by atoms with van der Waals surface area (Å²) in [5.41, 5.74) is 5.26. The number of Topliss-reactive ketones (excluding diaryl/α,β-unsaturated/α-hetero) is 1. The molecule has 0 saturated heterocycles. The number of ketones is 1. The minimum atomic E-state index is -0.191. The maximum Gasteiger partial charge on any atom is 0.202 e. The number of aryl methyl sites for hydroxylation is 2. The van der Waals surface area contributed by atoms with Gasteiger partial charge in [0.2, 0.25) is 5.62 Å². The summed E-state index contributed by atoms with van der Waals surface area (Å²) in [7, 11) is 1.86. The zero-order chi connectivity index (χ0) is 22.4. The van der Waals surface area contributed by atoms with Crippen molar-refractivity contribution in [1.29, 1.82) is 5.41 Å². The van der Waals surface area contributed by atoms with Gasteiger partial charge in [0.15, 0.2) is 5.78 Å². The molecule has 0 amide bonds. The molecule has 0 spiro atoms. The van der Waals surface area contributed by atoms with Crippen LogP contribution < -0.4 is 5.62 Å². The van der Waals surface area contributed by atoms with E-state index in [1.54, 1.807) is 11.5 Å². The van der Waals surface area contributed by atoms with Crippen molar-refractivity contribution in [3.63, 3.8) is 0 Å². The van der Waals surface area contributed by atoms with Gasteiger partial charge in [-0.2, -0.15) is 0 Å². The number of carbonyl (C=O) groups excluding carboxylic acids is 1. The van der Waals surface area contributed by atoms with E-state index in [2.05, 4.69) is 12.1 Å². The second kappa shape index (κ2) is 8.19. The van der Waals surface area contributed by atoms with Gasteiger partial charge in [-0.25, -0.2) is 4.39 Å². The van der Waals surface area contributed by atoms with Gasteiger partial charge in [-0.05, 0) is 90.8 Å². The third-order valence-electron chi connectivity index (χ3n) is 7.02. The summed E-state index contributed by atoms with van der Waals surface area (Å²) in [5, 5.41) is 8.22. The minimum absolute atomic E-state index is 0.151. The fourth-order valence-electron chi connectivity index (χ4n) is 4.74. The van der Waals surface area contributed by atoms with E-state index in [0.29, 0.717) is 36.0 Å². The quantitative estimate of drug-likeness (QED) is 0.474. The number of hydrogen-bond donors (Lipinski definition) is 1. The van der Waals surface area contributed by atoms with Crippen LogP contribution >= 0.6 is 0 Å². The van der Waals surface area contributed by atoms with Gasteiger partial charge in [-0.15, -0.1) is 0 Å². The molecule has 0 bridgehead atoms. The number of rotatable bonds is 8. The molecule has 0 unspecified atom stereocenters. The highest BCUT2D eigenvalue weighted by Gasteiger charge is 2.34. The molecular weight excluding hydrogens is 401 g/mol. The van der Waals surface area contributed by atoms with Gasteiger partial charge in [-0.1, -0.05) is 18.2 Å². The number of nitrogens with one attached hydrogen (secondary N) is 1. The van der Waals surface area contributed by atoms with Crippen LogP contribution in [0.25, 0.3) is 0 Å². The molecule has 4 nitrogen and oxygen atoms in total. The Morgan fingerprint density at radius 1 is 1.12 bits per heavy atom. The summed E-state index contributed by atoms with van der Waals surface area (Å²) in [6.45, 7) is 2.38. The molecule has 3 aromatic rings. The van der Waals surface area contributed by atoms with Crippen molar-refractivity contribution < 1.29 is 9.18 Å². The monoisotopic (exact) mass is 431 g/mol. The lowest BCUT2D eigenvalue weighted by Crippen LogP contribution is -2.22. The molecule has 2 saturated carbocycles. The molecule has 1 heterocycles. The number of benzene rings is 2. The Kier molecular flexibility index (Phi) is 5.36. The highest BCUT2D eigenvalue weighted by Crippen LogP contribution is 2.46. The SMILES string of the molecule is Cc1cc([C@@H](CC(=O)c2cc(Cn3ccn(C)c3=N)cc(C3CC3)c2)C2CC2)ccc1F. The Bertz CT molecular complexity index is 1230. The van der Waals surface area contributed by atoms with Crippen LogP contribution in [0.15, 0.2) is 48.8 Å². The van der Waals surface area contributed by atoms with Gasteiger partial charge in [-0.3, -0.25) is 10.2 Å². The Balaban J connectivity index is 1.43. The predicted octanol–water partition coefficient (Wildman–Crippen LogP) is 5.45. The van der Waals surface area contributed by atoms with E-state index in [4.69, 9.17) is 5.41 Å². The van der Waals surface area contributed by atoms with Crippen LogP contribution in [0.3, 0.4) is 0 Å². The molecule has 5 heteroatoms. The van der Waals surface area contributed by atoms with E-state index in [-0.39, 0.29) is 17.5 Å². The van der Waals surface area contributed by atoms with Crippen LogP contribution in [0, 0.1) is 24.1 Å². The van der Waals surface area contributed by atoms with Crippen molar-refractivity contribution in [2.75, 3.05) is 0 Å². The zero-order valence-corrected chi connectivity index (χ0v) is 18.8. The van der Waals surface area contributed by atoms with Crippen molar-refractivity contribution in [2.45, 2.75) is 57.4 Å². The van der Waals surface area contributed by atoms with Crippen LogP contribution in [-0.4, -0.2) is 14.9 Å². The number of imidazole rings is 1. The van der Waals surface area contributed by atoms with Crippen molar-refractivity contribution in [3.05, 3.63) is 88.0 Å². The first kappa shape index (κ1) is 20.9. The van der Waals surface area contributed by atoms with E-state index in [9.17, 15) is 9.18 Å². The highest BCUT2D eigenvalue weighted by molar-refractivity contribution is 5.97. The summed E-state index contributed by atoms with van der Waals surface area (Å²) >= 11 is 0. The number of halogens is 1. The summed E-state index contributed by atoms with van der Waals surface area (Å²) < 4.78 is 17.5. The molecule has 1 N–H and O–H groups in total. The molecule has 166 valence electrons. The average Bonchev–Trinajstić information content (AvgIpc) is 3.69. The van der Waals surface area contributed by atoms with Crippen LogP contribution in [0.5, 0.6) is 0 Å². The largest absolute Gasteiger partial charge is 0.321 e. The molecule has 2 aliphatic carbocycles. The maximum atomic E-state index is 13.8. The molecule has 0 aliphatic heterocycles. The molecule has 1 aromatic heterocycles. The molecule has 2 aliphatic rings. The van der Waals surface area contributed by atoms with Crippen molar-refractivity contribution >= 4 is 5.78 Å². The second-order valence-corrected chi connectivity index (χ2v) is 9.68. The minimum Gasteiger partial charge on any atom is -0.321 e. The van der Waals surface area contributed by atoms with Gasteiger partial charge in [0.05, 0.1) is 6.54 Å². The van der Waals surface area contributed by atoms with Gasteiger partial charge in [0, 0.05) is 31.4 Å². The fourth-order valence-corrected chi connectivity index (χ4v) is 4.74. The van der Waals surface area contributed by atoms with E-state index >= 15 is 0 Å². The normalized spacial score (nSPS) is 16.8.